The molecule has 1 saturated carbocycles. The van der Waals surface area contributed by atoms with Crippen molar-refractivity contribution in [1.29, 1.82) is 0 Å². The molecule has 321 valence electrons. The number of allylic oxidation sites excluding steroid dienone is 2. The third kappa shape index (κ3) is 10.8. The van der Waals surface area contributed by atoms with Crippen molar-refractivity contribution in [2.75, 3.05) is 0 Å². The van der Waals surface area contributed by atoms with Crippen LogP contribution in [0.2, 0.25) is 19.6 Å². The molecule has 3 nitrogen and oxygen atoms in total. The monoisotopic (exact) mass is 1010 g/mol. The average Bonchev–Trinajstić information content (AvgIpc) is 3.61. The van der Waals surface area contributed by atoms with E-state index in [4.69, 9.17) is 4.98 Å². The Morgan fingerprint density at radius 2 is 1.44 bits per heavy atom. The molecule has 1 aliphatic carbocycles. The van der Waals surface area contributed by atoms with Crippen molar-refractivity contribution >= 4 is 51.2 Å². The summed E-state index contributed by atoms with van der Waals surface area (Å²) in [5.74, 6) is 0.987. The molecule has 2 aromatic heterocycles. The van der Waals surface area contributed by atoms with Gasteiger partial charge in [0.2, 0.25) is 0 Å². The van der Waals surface area contributed by atoms with Crippen molar-refractivity contribution in [1.82, 2.24) is 4.98 Å². The Morgan fingerprint density at radius 3 is 1.98 bits per heavy atom. The fraction of sp³-hybridized carbons (Fsp3) is 0.509. The van der Waals surface area contributed by atoms with Gasteiger partial charge < -0.3 is 5.11 Å². The van der Waals surface area contributed by atoms with Crippen LogP contribution < -0.4 is 5.19 Å². The first-order valence-corrected chi connectivity index (χ1v) is 26.4. The van der Waals surface area contributed by atoms with E-state index in [0.717, 1.165) is 42.3 Å². The topological polar surface area (TPSA) is 50.2 Å². The molecule has 3 aromatic carbocycles. The standard InChI is InChI=1S/C38H44NSSi.C15H28O2.Ir/c1-37(2,3)32-24-29(23-28-11-9-10-12-30(28)32)33-35-31(19-22-39-33)36(41(6,7)8)34(40-35)27-15-13-25(14-16-27)26-17-20-38(4,5)21-18-26;1-7-14(5,8-2)12(16)11-13(17)15(6,9-3)10-4;/h9-16,19,22,24,26H,17-18,20-21H2,1-8H3;11,16H,7-10H2,1-6H3;/q-1;;/b;12-11-;. The zero-order valence-corrected chi connectivity index (χ0v) is 42.9. The molecule has 1 fully saturated rings. The first-order valence-electron chi connectivity index (χ1n) is 22.0. The molecule has 6 rings (SSSR count). The van der Waals surface area contributed by atoms with Crippen LogP contribution in [0.1, 0.15) is 145 Å². The van der Waals surface area contributed by atoms with Crippen LogP contribution in [-0.2, 0) is 30.3 Å². The van der Waals surface area contributed by atoms with E-state index < -0.39 is 8.07 Å². The predicted octanol–water partition coefficient (Wildman–Crippen LogP) is 15.8. The van der Waals surface area contributed by atoms with Crippen LogP contribution in [0.25, 0.3) is 42.6 Å². The van der Waals surface area contributed by atoms with E-state index >= 15 is 0 Å². The van der Waals surface area contributed by atoms with E-state index in [2.05, 4.69) is 121 Å². The number of aromatic nitrogens is 1. The van der Waals surface area contributed by atoms with Crippen LogP contribution in [0.4, 0.5) is 0 Å². The second-order valence-corrected chi connectivity index (χ2v) is 26.5. The Morgan fingerprint density at radius 1 is 0.864 bits per heavy atom. The number of benzene rings is 3. The molecule has 0 spiro atoms. The fourth-order valence-corrected chi connectivity index (χ4v) is 12.7. The van der Waals surface area contributed by atoms with Crippen molar-refractivity contribution in [3.8, 4) is 21.7 Å². The maximum absolute atomic E-state index is 12.2. The zero-order chi connectivity index (χ0) is 42.8. The summed E-state index contributed by atoms with van der Waals surface area (Å²) in [5.41, 5.74) is 6.31. The second kappa shape index (κ2) is 19.0. The number of carbonyl (C=O) groups excluding carboxylic acids is 1. The van der Waals surface area contributed by atoms with Crippen LogP contribution in [0.3, 0.4) is 0 Å². The first kappa shape index (κ1) is 48.8. The third-order valence-corrected chi connectivity index (χ3v) is 17.2. The number of aliphatic hydroxyl groups is 1. The normalized spacial score (nSPS) is 15.5. The molecule has 59 heavy (non-hydrogen) atoms. The number of hydrogen-bond acceptors (Lipinski definition) is 4. The summed E-state index contributed by atoms with van der Waals surface area (Å²) in [6.07, 6.45) is 12.0. The summed E-state index contributed by atoms with van der Waals surface area (Å²) >= 11 is 1.94. The van der Waals surface area contributed by atoms with Crippen LogP contribution in [0.15, 0.2) is 78.7 Å². The molecule has 0 unspecified atom stereocenters. The molecule has 0 saturated heterocycles. The van der Waals surface area contributed by atoms with Crippen LogP contribution in [0, 0.1) is 22.3 Å². The largest absolute Gasteiger partial charge is 0.512 e. The summed E-state index contributed by atoms with van der Waals surface area (Å²) in [5, 5.41) is 15.5. The van der Waals surface area contributed by atoms with Crippen LogP contribution >= 0.6 is 11.3 Å². The molecule has 1 aliphatic rings. The summed E-state index contributed by atoms with van der Waals surface area (Å²) in [6.45, 7) is 31.3. The van der Waals surface area contributed by atoms with Gasteiger partial charge in [-0.15, -0.1) is 40.5 Å². The minimum atomic E-state index is -1.67. The van der Waals surface area contributed by atoms with Gasteiger partial charge in [0.05, 0.1) is 8.07 Å². The van der Waals surface area contributed by atoms with E-state index in [0.29, 0.717) is 11.3 Å². The summed E-state index contributed by atoms with van der Waals surface area (Å²) in [7, 11) is -1.67. The van der Waals surface area contributed by atoms with E-state index in [-0.39, 0.29) is 47.9 Å². The Bertz CT molecular complexity index is 2230. The van der Waals surface area contributed by atoms with Gasteiger partial charge in [-0.1, -0.05) is 149 Å². The van der Waals surface area contributed by atoms with Crippen molar-refractivity contribution in [3.63, 3.8) is 0 Å². The molecule has 0 bridgehead atoms. The third-order valence-electron chi connectivity index (χ3n) is 13.8. The van der Waals surface area contributed by atoms with Gasteiger partial charge in [-0.25, -0.2) is 0 Å². The summed E-state index contributed by atoms with van der Waals surface area (Å²) in [6, 6.07) is 26.7. The van der Waals surface area contributed by atoms with E-state index in [1.54, 1.807) is 5.19 Å². The molecule has 0 aliphatic heterocycles. The average molecular weight is 1010 g/mol. The fourth-order valence-electron chi connectivity index (χ4n) is 8.46. The second-order valence-electron chi connectivity index (χ2n) is 20.5. The number of aliphatic hydroxyl groups excluding tert-OH is 1. The predicted molar refractivity (Wildman–Crippen MR) is 257 cm³/mol. The van der Waals surface area contributed by atoms with Gasteiger partial charge in [0.15, 0.2) is 5.78 Å². The number of hydrogen-bond donors (Lipinski definition) is 1. The van der Waals surface area contributed by atoms with Crippen molar-refractivity contribution in [2.24, 2.45) is 16.2 Å². The SMILES string of the molecule is CC1(C)CCC(c2ccc(-c3sc4c(-c5[c-]c6ccccc6c(C(C)(C)C)c5)nccc4c3[Si](C)(C)C)cc2)CC1.CCC(C)(CC)C(=O)/C=C(\O)C(C)(CC)CC.[Ir]. The molecule has 1 radical (unpaired) electrons. The molecule has 0 atom stereocenters. The van der Waals surface area contributed by atoms with Crippen molar-refractivity contribution in [3.05, 3.63) is 95.9 Å². The van der Waals surface area contributed by atoms with Gasteiger partial charge >= 0.3 is 0 Å². The molecule has 6 heteroatoms. The molecular weight excluding hydrogens is 935 g/mol. The minimum absolute atomic E-state index is 0. The number of pyridine rings is 1. The number of rotatable bonds is 11. The van der Waals surface area contributed by atoms with Crippen LogP contribution in [0.5, 0.6) is 0 Å². The molecular formula is C53H72IrNO2SSi-. The van der Waals surface area contributed by atoms with Crippen LogP contribution in [-0.4, -0.2) is 23.9 Å². The smallest absolute Gasteiger partial charge is 0.164 e. The Labute approximate surface area is 376 Å². The van der Waals surface area contributed by atoms with Gasteiger partial charge in [-0.2, -0.15) is 0 Å². The van der Waals surface area contributed by atoms with Gasteiger partial charge in [0.1, 0.15) is 5.76 Å². The maximum atomic E-state index is 12.2. The molecule has 1 N–H and O–H groups in total. The Hall–Kier alpha value is -2.89. The summed E-state index contributed by atoms with van der Waals surface area (Å²) in [4.78, 5) is 18.6. The van der Waals surface area contributed by atoms with Gasteiger partial charge in [-0.3, -0.25) is 9.78 Å². The van der Waals surface area contributed by atoms with Gasteiger partial charge in [-0.05, 0) is 95.9 Å². The number of nitrogens with zero attached hydrogens (tertiary/aromatic N) is 1. The van der Waals surface area contributed by atoms with Crippen molar-refractivity contribution in [2.45, 2.75) is 159 Å². The van der Waals surface area contributed by atoms with Crippen molar-refractivity contribution < 1.29 is 30.0 Å². The molecule has 2 heterocycles. The molecule has 0 amide bonds. The van der Waals surface area contributed by atoms with E-state index in [1.165, 1.54) is 68.8 Å². The Balaban J connectivity index is 0.000000364. The first-order chi connectivity index (χ1) is 27.1. The van der Waals surface area contributed by atoms with E-state index in [1.807, 2.05) is 59.1 Å². The van der Waals surface area contributed by atoms with E-state index in [9.17, 15) is 9.90 Å². The Kier molecular flexibility index (Phi) is 15.7. The quantitative estimate of drug-likeness (QED) is 0.0621. The van der Waals surface area contributed by atoms with Gasteiger partial charge in [0.25, 0.3) is 0 Å². The number of fused-ring (bicyclic) bond motifs is 2. The minimum Gasteiger partial charge on any atom is -0.512 e. The number of carbonyl (C=O) groups is 1. The maximum Gasteiger partial charge on any atom is 0.164 e. The number of ketones is 1. The summed E-state index contributed by atoms with van der Waals surface area (Å²) < 4.78 is 1.30. The van der Waals surface area contributed by atoms with Gasteiger partial charge in [0, 0.05) is 58.5 Å². The number of thiophene rings is 1. The molecule has 5 aromatic rings. The zero-order valence-electron chi connectivity index (χ0n) is 38.7.